The molecule has 1 aromatic heterocycles. The van der Waals surface area contributed by atoms with Crippen LogP contribution in [0.15, 0.2) is 18.3 Å². The van der Waals surface area contributed by atoms with Gasteiger partial charge in [-0.25, -0.2) is 0 Å². The van der Waals surface area contributed by atoms with Crippen LogP contribution in [0.5, 0.6) is 5.88 Å². The van der Waals surface area contributed by atoms with E-state index in [-0.39, 0.29) is 6.61 Å². The summed E-state index contributed by atoms with van der Waals surface area (Å²) in [5.74, 6) is 0.438. The second-order valence-electron chi connectivity index (χ2n) is 3.94. The van der Waals surface area contributed by atoms with Crippen LogP contribution in [0, 0.1) is 0 Å². The van der Waals surface area contributed by atoms with Crippen molar-refractivity contribution < 1.29 is 14.6 Å². The van der Waals surface area contributed by atoms with Gasteiger partial charge in [-0.1, -0.05) is 0 Å². The monoisotopic (exact) mass is 239 g/mol. The topological polar surface area (TPSA) is 67.7 Å². The van der Waals surface area contributed by atoms with Crippen LogP contribution in [0.3, 0.4) is 0 Å². The van der Waals surface area contributed by atoms with E-state index < -0.39 is 6.10 Å². The molecule has 1 unspecified atom stereocenters. The Morgan fingerprint density at radius 1 is 1.47 bits per heavy atom. The molecule has 2 heterocycles. The lowest BCUT2D eigenvalue weighted by atomic mass is 10.3. The van der Waals surface area contributed by atoms with Gasteiger partial charge in [-0.2, -0.15) is 5.10 Å². The molecule has 1 atom stereocenters. The number of hydrogen-bond donors (Lipinski definition) is 1. The fourth-order valence-electron chi connectivity index (χ4n) is 1.68. The number of β-amino-alcohol motifs (C(OH)–C–C–N with tert-alkyl or cyclic N) is 1. The Morgan fingerprint density at radius 2 is 2.29 bits per heavy atom. The molecule has 1 aliphatic rings. The first-order chi connectivity index (χ1) is 8.34. The van der Waals surface area contributed by atoms with E-state index in [4.69, 9.17) is 9.47 Å². The van der Waals surface area contributed by atoms with E-state index in [0.29, 0.717) is 12.4 Å². The number of ether oxygens (including phenoxy) is 2. The molecule has 2 rings (SSSR count). The zero-order valence-electron chi connectivity index (χ0n) is 9.66. The first-order valence-corrected chi connectivity index (χ1v) is 5.73. The highest BCUT2D eigenvalue weighted by atomic mass is 16.5. The molecule has 0 bridgehead atoms. The number of rotatable bonds is 5. The summed E-state index contributed by atoms with van der Waals surface area (Å²) in [6.45, 7) is 4.03. The highest BCUT2D eigenvalue weighted by Gasteiger charge is 2.15. The first-order valence-electron chi connectivity index (χ1n) is 5.73. The van der Waals surface area contributed by atoms with Crippen molar-refractivity contribution in [1.82, 2.24) is 15.1 Å². The Hall–Kier alpha value is -1.24. The van der Waals surface area contributed by atoms with Gasteiger partial charge < -0.3 is 14.6 Å². The van der Waals surface area contributed by atoms with Gasteiger partial charge in [-0.15, -0.1) is 5.10 Å². The number of aliphatic hydroxyl groups excluding tert-OH is 1. The second kappa shape index (κ2) is 6.48. The summed E-state index contributed by atoms with van der Waals surface area (Å²) in [6.07, 6.45) is 1.06. The molecule has 17 heavy (non-hydrogen) atoms. The lowest BCUT2D eigenvalue weighted by molar-refractivity contribution is 0.00415. The zero-order chi connectivity index (χ0) is 11.9. The SMILES string of the molecule is OC(COc1cccnn1)CN1CCOCC1. The van der Waals surface area contributed by atoms with E-state index in [1.165, 1.54) is 0 Å². The van der Waals surface area contributed by atoms with Crippen LogP contribution in [0.25, 0.3) is 0 Å². The maximum Gasteiger partial charge on any atom is 0.233 e. The van der Waals surface area contributed by atoms with E-state index in [2.05, 4.69) is 15.1 Å². The van der Waals surface area contributed by atoms with Crippen molar-refractivity contribution in [3.63, 3.8) is 0 Å². The standard InChI is InChI=1S/C11H17N3O3/c15-10(8-14-4-6-16-7-5-14)9-17-11-2-1-3-12-13-11/h1-3,10,15H,4-9H2. The summed E-state index contributed by atoms with van der Waals surface area (Å²) < 4.78 is 10.6. The average molecular weight is 239 g/mol. The third-order valence-electron chi connectivity index (χ3n) is 2.54. The van der Waals surface area contributed by atoms with E-state index in [1.807, 2.05) is 0 Å². The van der Waals surface area contributed by atoms with Crippen molar-refractivity contribution >= 4 is 0 Å². The molecule has 0 aliphatic carbocycles. The summed E-state index contributed by atoms with van der Waals surface area (Å²) in [4.78, 5) is 2.16. The molecule has 1 saturated heterocycles. The van der Waals surface area contributed by atoms with Gasteiger partial charge in [0.05, 0.1) is 13.2 Å². The summed E-state index contributed by atoms with van der Waals surface area (Å²) in [6, 6.07) is 3.46. The molecule has 1 N–H and O–H groups in total. The normalized spacial score (nSPS) is 18.9. The Balaban J connectivity index is 1.68. The minimum atomic E-state index is -0.518. The van der Waals surface area contributed by atoms with Gasteiger partial charge in [0.25, 0.3) is 0 Å². The maximum absolute atomic E-state index is 9.81. The van der Waals surface area contributed by atoms with Gasteiger partial charge in [0.1, 0.15) is 12.7 Å². The quantitative estimate of drug-likeness (QED) is 0.750. The van der Waals surface area contributed by atoms with E-state index >= 15 is 0 Å². The summed E-state index contributed by atoms with van der Waals surface area (Å²) in [5.41, 5.74) is 0. The molecule has 6 nitrogen and oxygen atoms in total. The smallest absolute Gasteiger partial charge is 0.233 e. The van der Waals surface area contributed by atoms with Crippen LogP contribution in [0.4, 0.5) is 0 Å². The van der Waals surface area contributed by atoms with Gasteiger partial charge in [0.15, 0.2) is 0 Å². The lowest BCUT2D eigenvalue weighted by Crippen LogP contribution is -2.42. The molecule has 6 heteroatoms. The largest absolute Gasteiger partial charge is 0.474 e. The predicted octanol–water partition coefficient (Wildman–Crippen LogP) is -0.451. The molecule has 0 spiro atoms. The van der Waals surface area contributed by atoms with E-state index in [1.54, 1.807) is 18.3 Å². The lowest BCUT2D eigenvalue weighted by Gasteiger charge is -2.28. The maximum atomic E-state index is 9.81. The summed E-state index contributed by atoms with van der Waals surface area (Å²) in [5, 5.41) is 17.3. The number of nitrogens with zero attached hydrogens (tertiary/aromatic N) is 3. The van der Waals surface area contributed by atoms with E-state index in [0.717, 1.165) is 26.3 Å². The molecule has 1 fully saturated rings. The Labute approximate surface area is 100 Å². The fourth-order valence-corrected chi connectivity index (χ4v) is 1.68. The number of morpholine rings is 1. The molecule has 0 saturated carbocycles. The molecule has 0 amide bonds. The van der Waals surface area contributed by atoms with Gasteiger partial charge in [-0.3, -0.25) is 4.90 Å². The van der Waals surface area contributed by atoms with Crippen LogP contribution >= 0.6 is 0 Å². The van der Waals surface area contributed by atoms with E-state index in [9.17, 15) is 5.11 Å². The molecule has 1 aliphatic heterocycles. The molecular formula is C11H17N3O3. The van der Waals surface area contributed by atoms with Gasteiger partial charge in [0.2, 0.25) is 5.88 Å². The molecule has 0 radical (unpaired) electrons. The van der Waals surface area contributed by atoms with Crippen molar-refractivity contribution in [3.05, 3.63) is 18.3 Å². The third-order valence-corrected chi connectivity index (χ3v) is 2.54. The van der Waals surface area contributed by atoms with Crippen LogP contribution in [0.1, 0.15) is 0 Å². The fraction of sp³-hybridized carbons (Fsp3) is 0.636. The van der Waals surface area contributed by atoms with Crippen LogP contribution in [-0.2, 0) is 4.74 Å². The highest BCUT2D eigenvalue weighted by Crippen LogP contribution is 2.03. The molecule has 94 valence electrons. The van der Waals surface area contributed by atoms with Crippen molar-refractivity contribution in [1.29, 1.82) is 0 Å². The van der Waals surface area contributed by atoms with Crippen molar-refractivity contribution in [3.8, 4) is 5.88 Å². The minimum absolute atomic E-state index is 0.232. The highest BCUT2D eigenvalue weighted by molar-refractivity contribution is 5.05. The number of aromatic nitrogens is 2. The first kappa shape index (κ1) is 12.2. The molecular weight excluding hydrogens is 222 g/mol. The average Bonchev–Trinajstić information content (AvgIpc) is 2.39. The van der Waals surface area contributed by atoms with Gasteiger partial charge in [-0.05, 0) is 6.07 Å². The van der Waals surface area contributed by atoms with Crippen molar-refractivity contribution in [2.45, 2.75) is 6.10 Å². The number of aliphatic hydroxyl groups is 1. The van der Waals surface area contributed by atoms with Gasteiger partial charge in [0, 0.05) is 31.9 Å². The van der Waals surface area contributed by atoms with Crippen molar-refractivity contribution in [2.24, 2.45) is 0 Å². The molecule has 1 aromatic rings. The Bertz CT molecular complexity index is 317. The van der Waals surface area contributed by atoms with Crippen LogP contribution < -0.4 is 4.74 Å². The Morgan fingerprint density at radius 3 is 3.00 bits per heavy atom. The predicted molar refractivity (Wildman–Crippen MR) is 60.8 cm³/mol. The van der Waals surface area contributed by atoms with Crippen LogP contribution in [0.2, 0.25) is 0 Å². The van der Waals surface area contributed by atoms with Gasteiger partial charge >= 0.3 is 0 Å². The Kier molecular flexibility index (Phi) is 4.66. The zero-order valence-corrected chi connectivity index (χ0v) is 9.66. The third kappa shape index (κ3) is 4.26. The van der Waals surface area contributed by atoms with Crippen LogP contribution in [-0.4, -0.2) is 65.8 Å². The summed E-state index contributed by atoms with van der Waals surface area (Å²) in [7, 11) is 0. The second-order valence-corrected chi connectivity index (χ2v) is 3.94. The minimum Gasteiger partial charge on any atom is -0.474 e. The van der Waals surface area contributed by atoms with Crippen molar-refractivity contribution in [2.75, 3.05) is 39.5 Å². The summed E-state index contributed by atoms with van der Waals surface area (Å²) >= 11 is 0. The number of hydrogen-bond acceptors (Lipinski definition) is 6. The molecule has 0 aromatic carbocycles.